The van der Waals surface area contributed by atoms with Gasteiger partial charge in [0.2, 0.25) is 0 Å². The van der Waals surface area contributed by atoms with Gasteiger partial charge in [-0.15, -0.1) is 0 Å². The van der Waals surface area contributed by atoms with Gasteiger partial charge >= 0.3 is 13.1 Å². The van der Waals surface area contributed by atoms with E-state index < -0.39 is 30.9 Å². The van der Waals surface area contributed by atoms with Crippen LogP contribution < -0.4 is 10.2 Å². The van der Waals surface area contributed by atoms with Gasteiger partial charge in [0, 0.05) is 17.1 Å². The molecule has 1 heterocycles. The summed E-state index contributed by atoms with van der Waals surface area (Å²) < 4.78 is 29.9. The van der Waals surface area contributed by atoms with E-state index in [9.17, 15) is 14.2 Å². The van der Waals surface area contributed by atoms with Gasteiger partial charge in [-0.1, -0.05) is 19.6 Å². The van der Waals surface area contributed by atoms with Gasteiger partial charge in [0.05, 0.1) is 19.8 Å². The molecule has 7 heteroatoms. The molecule has 0 amide bonds. The van der Waals surface area contributed by atoms with Crippen LogP contribution in [0.25, 0.3) is 0 Å². The maximum atomic E-state index is 14.6. The molecule has 1 N–H and O–H groups in total. The molecule has 1 aliphatic heterocycles. The van der Waals surface area contributed by atoms with Crippen molar-refractivity contribution in [1.29, 1.82) is 0 Å². The molecule has 0 saturated heterocycles. The van der Waals surface area contributed by atoms with Crippen LogP contribution in [0.3, 0.4) is 0 Å². The van der Waals surface area contributed by atoms with E-state index in [4.69, 9.17) is 9.39 Å². The van der Waals surface area contributed by atoms with Gasteiger partial charge in [0.1, 0.15) is 0 Å². The molecule has 2 atom stereocenters. The Hall–Kier alpha value is -1.86. The first-order valence-corrected chi connectivity index (χ1v) is 6.98. The second kappa shape index (κ2) is 6.50. The first-order valence-electron chi connectivity index (χ1n) is 6.98. The quantitative estimate of drug-likeness (QED) is 0.505. The zero-order valence-corrected chi connectivity index (χ0v) is 12.8. The molecule has 0 fully saturated rings. The second-order valence-electron chi connectivity index (χ2n) is 5.03. The second-order valence-corrected chi connectivity index (χ2v) is 5.03. The smallest absolute Gasteiger partial charge is 0.491 e. The zero-order chi connectivity index (χ0) is 16.4. The van der Waals surface area contributed by atoms with Gasteiger partial charge < -0.3 is 19.2 Å². The predicted molar refractivity (Wildman–Crippen MR) is 79.3 cm³/mol. The number of hydrogen-bond acceptors (Lipinski definition) is 5. The van der Waals surface area contributed by atoms with Crippen LogP contribution in [0.1, 0.15) is 25.5 Å². The molecule has 5 nitrogen and oxygen atoms in total. The topological polar surface area (TPSA) is 65.0 Å². The summed E-state index contributed by atoms with van der Waals surface area (Å²) >= 11 is 0. The number of halogens is 1. The Labute approximate surface area is 128 Å². The van der Waals surface area contributed by atoms with Crippen molar-refractivity contribution in [2.45, 2.75) is 20.0 Å². The van der Waals surface area contributed by atoms with Crippen LogP contribution in [0.2, 0.25) is 0 Å². The molecule has 2 rings (SSSR count). The molecule has 118 valence electrons. The van der Waals surface area contributed by atoms with Crippen LogP contribution in [-0.4, -0.2) is 31.8 Å². The average molecular weight is 308 g/mol. The largest absolute Gasteiger partial charge is 0.492 e. The summed E-state index contributed by atoms with van der Waals surface area (Å²) in [5, 5.41) is 9.95. The Kier molecular flexibility index (Phi) is 4.88. The van der Waals surface area contributed by atoms with Crippen LogP contribution in [0.5, 0.6) is 5.75 Å². The minimum absolute atomic E-state index is 0.0832. The molecule has 1 aromatic rings. The van der Waals surface area contributed by atoms with Gasteiger partial charge in [0.15, 0.2) is 11.6 Å². The van der Waals surface area contributed by atoms with Gasteiger partial charge in [0.25, 0.3) is 0 Å². The van der Waals surface area contributed by atoms with E-state index in [-0.39, 0.29) is 16.9 Å². The van der Waals surface area contributed by atoms with E-state index >= 15 is 0 Å². The summed E-state index contributed by atoms with van der Waals surface area (Å²) in [6, 6.07) is 3.01. The number of esters is 1. The highest BCUT2D eigenvalue weighted by Gasteiger charge is 2.42. The number of carbonyl (C=O) groups excluding carboxylic acids is 1. The fourth-order valence-corrected chi connectivity index (χ4v) is 2.51. The molecule has 0 bridgehead atoms. The summed E-state index contributed by atoms with van der Waals surface area (Å²) in [4.78, 5) is 11.6. The Morgan fingerprint density at radius 2 is 2.27 bits per heavy atom. The third-order valence-electron chi connectivity index (χ3n) is 3.76. The van der Waals surface area contributed by atoms with Gasteiger partial charge in [-0.05, 0) is 18.5 Å². The predicted octanol–water partition coefficient (Wildman–Crippen LogP) is 1.35. The van der Waals surface area contributed by atoms with Crippen LogP contribution in [0, 0.1) is 11.7 Å². The van der Waals surface area contributed by atoms with Crippen LogP contribution >= 0.6 is 0 Å². The van der Waals surface area contributed by atoms with Crippen molar-refractivity contribution in [2.24, 2.45) is 5.92 Å². The number of methoxy groups -OCH3 is 1. The number of rotatable bonds is 5. The number of benzene rings is 1. The summed E-state index contributed by atoms with van der Waals surface area (Å²) in [6.07, 6.45) is -0.836. The Morgan fingerprint density at radius 3 is 2.86 bits per heavy atom. The molecule has 0 aliphatic carbocycles. The Balaban J connectivity index is 2.41. The number of fused-ring (bicyclic) bond motifs is 1. The maximum absolute atomic E-state index is 14.6. The summed E-state index contributed by atoms with van der Waals surface area (Å²) in [7, 11) is -0.00941. The highest BCUT2D eigenvalue weighted by atomic mass is 19.1. The monoisotopic (exact) mass is 308 g/mol. The molecule has 22 heavy (non-hydrogen) atoms. The van der Waals surface area contributed by atoms with Crippen LogP contribution in [-0.2, 0) is 14.2 Å². The average Bonchev–Trinajstić information content (AvgIpc) is 2.85. The normalized spacial score (nSPS) is 17.9. The van der Waals surface area contributed by atoms with E-state index in [2.05, 4.69) is 11.3 Å². The third kappa shape index (κ3) is 2.74. The van der Waals surface area contributed by atoms with Crippen molar-refractivity contribution >= 4 is 18.6 Å². The van der Waals surface area contributed by atoms with Crippen molar-refractivity contribution in [1.82, 2.24) is 0 Å². The number of hydrogen-bond donors (Lipinski definition) is 1. The molecule has 0 unspecified atom stereocenters. The highest BCUT2D eigenvalue weighted by Crippen LogP contribution is 2.38. The van der Waals surface area contributed by atoms with Crippen molar-refractivity contribution in [2.75, 3.05) is 13.7 Å². The fraction of sp³-hybridized carbons (Fsp3) is 0.400. The van der Waals surface area contributed by atoms with Crippen LogP contribution in [0.15, 0.2) is 24.3 Å². The van der Waals surface area contributed by atoms with Gasteiger partial charge in [-0.3, -0.25) is 0 Å². The minimum atomic E-state index is -1.25. The molecule has 1 aliphatic rings. The SMILES string of the molecule is C=C(C(=O)OC)[C@@H](C)[C@@H]1OB(O)c2ccc(OCC)c(F)c21. The first kappa shape index (κ1) is 16.5. The first-order chi connectivity index (χ1) is 10.4. The van der Waals surface area contributed by atoms with E-state index in [1.165, 1.54) is 13.2 Å². The molecule has 0 aromatic heterocycles. The minimum Gasteiger partial charge on any atom is -0.491 e. The van der Waals surface area contributed by atoms with Crippen LogP contribution in [0.4, 0.5) is 4.39 Å². The lowest BCUT2D eigenvalue weighted by atomic mass is 9.78. The fourth-order valence-electron chi connectivity index (χ4n) is 2.51. The molecule has 0 spiro atoms. The maximum Gasteiger partial charge on any atom is 0.492 e. The summed E-state index contributed by atoms with van der Waals surface area (Å²) in [6.45, 7) is 7.39. The van der Waals surface area contributed by atoms with E-state index in [1.807, 2.05) is 0 Å². The van der Waals surface area contributed by atoms with E-state index in [0.717, 1.165) is 0 Å². The molecular formula is C15H18BFO5. The van der Waals surface area contributed by atoms with Crippen molar-refractivity contribution in [3.8, 4) is 5.75 Å². The lowest BCUT2D eigenvalue weighted by Gasteiger charge is -2.22. The van der Waals surface area contributed by atoms with Gasteiger partial charge in [-0.2, -0.15) is 0 Å². The van der Waals surface area contributed by atoms with Crippen molar-refractivity contribution in [3.05, 3.63) is 35.7 Å². The summed E-state index contributed by atoms with van der Waals surface area (Å²) in [5.74, 6) is -1.67. The molecule has 0 radical (unpaired) electrons. The molecule has 0 saturated carbocycles. The zero-order valence-electron chi connectivity index (χ0n) is 12.8. The number of carbonyl (C=O) groups is 1. The Morgan fingerprint density at radius 1 is 1.59 bits per heavy atom. The summed E-state index contributed by atoms with van der Waals surface area (Å²) in [5.41, 5.74) is 0.667. The lowest BCUT2D eigenvalue weighted by molar-refractivity contribution is -0.137. The third-order valence-corrected chi connectivity index (χ3v) is 3.76. The van der Waals surface area contributed by atoms with E-state index in [0.29, 0.717) is 12.1 Å². The number of ether oxygens (including phenoxy) is 2. The molecular weight excluding hydrogens is 290 g/mol. The lowest BCUT2D eigenvalue weighted by Crippen LogP contribution is -2.28. The Bertz CT molecular complexity index is 604. The van der Waals surface area contributed by atoms with Gasteiger partial charge in [-0.25, -0.2) is 9.18 Å². The van der Waals surface area contributed by atoms with Crippen molar-refractivity contribution in [3.63, 3.8) is 0 Å². The van der Waals surface area contributed by atoms with E-state index in [1.54, 1.807) is 19.9 Å². The molecule has 1 aromatic carbocycles. The standard InChI is InChI=1S/C15H18BFO5/c1-5-21-11-7-6-10-12(13(11)17)14(22-16(10)19)8(2)9(3)15(18)20-4/h6-8,14,19H,3,5H2,1-2,4H3/t8-,14+/m1/s1. The van der Waals surface area contributed by atoms with Crippen molar-refractivity contribution < 1.29 is 28.3 Å². The highest BCUT2D eigenvalue weighted by molar-refractivity contribution is 6.61.